The second-order valence-electron chi connectivity index (χ2n) is 16.6. The molecule has 0 fully saturated rings. The van der Waals surface area contributed by atoms with E-state index >= 15 is 0 Å². The van der Waals surface area contributed by atoms with Gasteiger partial charge in [0.25, 0.3) is 0 Å². The number of rotatable bonds is 10. The van der Waals surface area contributed by atoms with Crippen molar-refractivity contribution in [3.8, 4) is 11.5 Å². The van der Waals surface area contributed by atoms with Crippen LogP contribution in [0.2, 0.25) is 20.1 Å². The average Bonchev–Trinajstić information content (AvgIpc) is 4.10. The van der Waals surface area contributed by atoms with E-state index in [1.165, 1.54) is 4.57 Å². The van der Waals surface area contributed by atoms with Gasteiger partial charge in [-0.3, -0.25) is 9.13 Å². The van der Waals surface area contributed by atoms with E-state index in [1.54, 1.807) is 0 Å². The highest BCUT2D eigenvalue weighted by Crippen LogP contribution is 2.44. The Morgan fingerprint density at radius 1 is 0.529 bits per heavy atom. The van der Waals surface area contributed by atoms with Crippen molar-refractivity contribution in [3.63, 3.8) is 0 Å². The smallest absolute Gasteiger partial charge is 0.349 e. The van der Waals surface area contributed by atoms with E-state index in [4.69, 9.17) is 67.3 Å². The number of hydrogen-bond donors (Lipinski definition) is 6. The average molecular weight is 1020 g/mol. The molecule has 6 aromatic carbocycles. The molecule has 0 amide bonds. The molecule has 6 heterocycles. The monoisotopic (exact) mass is 1020 g/mol. The third kappa shape index (κ3) is 8.01. The second kappa shape index (κ2) is 17.8. The van der Waals surface area contributed by atoms with Gasteiger partial charge in [0, 0.05) is 105 Å². The summed E-state index contributed by atoms with van der Waals surface area (Å²) >= 11 is 25.1. The van der Waals surface area contributed by atoms with E-state index in [2.05, 4.69) is 42.0 Å². The van der Waals surface area contributed by atoms with Gasteiger partial charge in [0.15, 0.2) is 29.0 Å². The summed E-state index contributed by atoms with van der Waals surface area (Å²) < 4.78 is 42.3. The fraction of sp³-hybridized carbons (Fsp3) is 0.120. The summed E-state index contributed by atoms with van der Waals surface area (Å²) in [5.74, 6) is -0.833. The number of benzene rings is 6. The lowest BCUT2D eigenvalue weighted by molar-refractivity contribution is 0.305. The van der Waals surface area contributed by atoms with Crippen LogP contribution >= 0.6 is 46.4 Å². The fourth-order valence-electron chi connectivity index (χ4n) is 9.02. The number of aromatic amines is 4. The summed E-state index contributed by atoms with van der Waals surface area (Å²) in [5, 5.41) is 10.3. The number of H-pyrrole nitrogens is 4. The summed E-state index contributed by atoms with van der Waals surface area (Å²) in [6.07, 6.45) is 2.74. The van der Waals surface area contributed by atoms with Crippen LogP contribution in [0.4, 0.5) is 20.4 Å². The lowest BCUT2D eigenvalue weighted by Crippen LogP contribution is -2.27. The molecule has 0 aliphatic heterocycles. The number of nitrogens with zero attached hydrogens (tertiary/aromatic N) is 4. The van der Waals surface area contributed by atoms with Gasteiger partial charge in [-0.15, -0.1) is 0 Å². The number of aryl methyl sites for hydroxylation is 1. The third-order valence-corrected chi connectivity index (χ3v) is 13.2. The van der Waals surface area contributed by atoms with Gasteiger partial charge < -0.3 is 40.9 Å². The van der Waals surface area contributed by atoms with Crippen LogP contribution in [0, 0.1) is 11.6 Å². The molecule has 0 aliphatic rings. The van der Waals surface area contributed by atoms with Crippen LogP contribution in [0.3, 0.4) is 0 Å². The second-order valence-corrected chi connectivity index (χ2v) is 18.4. The number of nitrogen functional groups attached to an aromatic ring is 2. The van der Waals surface area contributed by atoms with Crippen LogP contribution in [0.15, 0.2) is 107 Å². The van der Waals surface area contributed by atoms with Crippen molar-refractivity contribution < 1.29 is 18.3 Å². The number of anilines is 2. The van der Waals surface area contributed by atoms with Crippen LogP contribution in [0.1, 0.15) is 12.8 Å². The molecule has 14 nitrogen and oxygen atoms in total. The Morgan fingerprint density at radius 3 is 1.34 bits per heavy atom. The maximum atomic E-state index is 13.7. The zero-order valence-electron chi connectivity index (χ0n) is 36.3. The highest BCUT2D eigenvalue weighted by molar-refractivity contribution is 6.34. The minimum Gasteiger partial charge on any atom is -0.489 e. The molecule has 0 bridgehead atoms. The molecule has 6 aromatic heterocycles. The first kappa shape index (κ1) is 45.0. The van der Waals surface area contributed by atoms with E-state index in [-0.39, 0.29) is 32.1 Å². The molecule has 0 unspecified atom stereocenters. The summed E-state index contributed by atoms with van der Waals surface area (Å²) in [7, 11) is 0. The van der Waals surface area contributed by atoms with Gasteiger partial charge in [-0.1, -0.05) is 46.4 Å². The van der Waals surface area contributed by atoms with E-state index < -0.39 is 28.8 Å². The van der Waals surface area contributed by atoms with Gasteiger partial charge >= 0.3 is 11.4 Å². The number of ether oxygens (including phenoxy) is 2. The molecule has 20 heteroatoms. The Kier molecular flexibility index (Phi) is 11.4. The van der Waals surface area contributed by atoms with Crippen LogP contribution in [0.5, 0.6) is 11.5 Å². The van der Waals surface area contributed by atoms with E-state index in [9.17, 15) is 18.4 Å². The summed E-state index contributed by atoms with van der Waals surface area (Å²) in [4.78, 5) is 44.8. The first-order valence-electron chi connectivity index (χ1n) is 21.8. The largest absolute Gasteiger partial charge is 0.489 e. The van der Waals surface area contributed by atoms with Crippen molar-refractivity contribution in [3.05, 3.63) is 150 Å². The Hall–Kier alpha value is -7.50. The predicted octanol–water partition coefficient (Wildman–Crippen LogP) is 12.0. The van der Waals surface area contributed by atoms with E-state index in [1.807, 2.05) is 72.8 Å². The van der Waals surface area contributed by atoms with Crippen LogP contribution < -0.4 is 32.3 Å². The van der Waals surface area contributed by atoms with Gasteiger partial charge in [0.1, 0.15) is 5.82 Å². The molecule has 0 aliphatic carbocycles. The first-order valence-corrected chi connectivity index (χ1v) is 23.3. The van der Waals surface area contributed by atoms with Crippen molar-refractivity contribution in [2.75, 3.05) is 24.7 Å². The minimum atomic E-state index is -0.731. The lowest BCUT2D eigenvalue weighted by atomic mass is 10.1. The molecule has 12 rings (SSSR count). The molecule has 8 N–H and O–H groups in total. The number of aromatic nitrogens is 8. The van der Waals surface area contributed by atoms with Crippen molar-refractivity contribution >= 4 is 145 Å². The van der Waals surface area contributed by atoms with E-state index in [0.29, 0.717) is 44.4 Å². The standard InChI is InChI=1S/2C25H18Cl2FN5O2/c26-12-2-4-19-14(8-12)16-10-17-15-9-13(27)3-5-20(15)31-22(17)23(21(16)30-19)35-7-1-6-33-11-18(28)24(29)32-25(33)34;26-12-2-4-19-14(8-12)16-10-17-15-9-13(27)3-5-20(15)32-22(17)23(21(16)31-19)35-7-1-6-33-24(29)18(28)11-30-25(33)34/h2-5,8-11,30-31H,1,6-7H2,(H2,29,32,34);2-5,8-11,31-32H,1,6-7,29H2. The molecule has 0 atom stereocenters. The highest BCUT2D eigenvalue weighted by atomic mass is 35.5. The molecule has 70 heavy (non-hydrogen) atoms. The summed E-state index contributed by atoms with van der Waals surface area (Å²) in [6, 6.07) is 26.9. The van der Waals surface area contributed by atoms with Gasteiger partial charge in [-0.25, -0.2) is 18.4 Å². The van der Waals surface area contributed by atoms with Crippen molar-refractivity contribution in [1.82, 2.24) is 39.0 Å². The number of hydrogen-bond acceptors (Lipinski definition) is 8. The summed E-state index contributed by atoms with van der Waals surface area (Å²) in [6.45, 7) is 0.924. The molecule has 0 saturated carbocycles. The van der Waals surface area contributed by atoms with Crippen molar-refractivity contribution in [1.29, 1.82) is 0 Å². The van der Waals surface area contributed by atoms with Crippen molar-refractivity contribution in [2.45, 2.75) is 25.9 Å². The minimum absolute atomic E-state index is 0.166. The SMILES string of the molecule is Nc1c(F)cnc(=O)n1CCCOc1c2[nH]c3ccc(Cl)cc3c2cc2c1[nH]c1ccc(Cl)cc12.Nc1nc(=O)n(CCCOc2c3[nH]c4ccc(Cl)cc4c3cc3c2[nH]c2ccc(Cl)cc23)cc1F. The van der Waals surface area contributed by atoms with Crippen LogP contribution in [0.25, 0.3) is 87.2 Å². The van der Waals surface area contributed by atoms with Gasteiger partial charge in [0.05, 0.1) is 41.5 Å². The number of nitrogens with two attached hydrogens (primary N) is 2. The first-order chi connectivity index (χ1) is 33.8. The number of nitrogens with one attached hydrogen (secondary N) is 4. The third-order valence-electron chi connectivity index (χ3n) is 12.3. The van der Waals surface area contributed by atoms with Crippen molar-refractivity contribution in [2.24, 2.45) is 0 Å². The van der Waals surface area contributed by atoms with E-state index in [0.717, 1.165) is 104 Å². The number of fused-ring (bicyclic) bond motifs is 12. The summed E-state index contributed by atoms with van der Waals surface area (Å²) in [5.41, 5.74) is 16.9. The Balaban J connectivity index is 0.000000152. The molecule has 0 spiro atoms. The Labute approximate surface area is 412 Å². The fourth-order valence-corrected chi connectivity index (χ4v) is 9.71. The molecular weight excluding hydrogens is 984 g/mol. The zero-order chi connectivity index (χ0) is 48.5. The molecule has 0 saturated heterocycles. The maximum absolute atomic E-state index is 13.7. The molecule has 352 valence electrons. The Morgan fingerprint density at radius 2 is 0.929 bits per heavy atom. The topological polar surface area (TPSA) is 203 Å². The molecule has 12 aromatic rings. The normalized spacial score (nSPS) is 11.9. The lowest BCUT2D eigenvalue weighted by Gasteiger charge is -2.11. The maximum Gasteiger partial charge on any atom is 0.349 e. The van der Waals surface area contributed by atoms with Gasteiger partial charge in [-0.2, -0.15) is 9.97 Å². The zero-order valence-corrected chi connectivity index (χ0v) is 39.3. The van der Waals surface area contributed by atoms with Gasteiger partial charge in [-0.05, 0) is 97.8 Å². The van der Waals surface area contributed by atoms with Gasteiger partial charge in [0.2, 0.25) is 0 Å². The number of halogens is 6. The van der Waals surface area contributed by atoms with Crippen LogP contribution in [-0.2, 0) is 13.1 Å². The van der Waals surface area contributed by atoms with Crippen LogP contribution in [-0.4, -0.2) is 52.3 Å². The Bertz CT molecular complexity index is 4030. The quantitative estimate of drug-likeness (QED) is 0.0726. The predicted molar refractivity (Wildman–Crippen MR) is 276 cm³/mol. The molecule has 0 radical (unpaired) electrons. The highest BCUT2D eigenvalue weighted by Gasteiger charge is 2.20. The molecular formula is C50H36Cl4F2N10O4.